The lowest BCUT2D eigenvalue weighted by molar-refractivity contribution is -0.138. The Balaban J connectivity index is 2.01. The van der Waals surface area contributed by atoms with Crippen LogP contribution in [0.15, 0.2) is 6.33 Å². The molecule has 2 amide bonds. The Bertz CT molecular complexity index is 614. The molecule has 1 aromatic heterocycles. The molecule has 2 heterocycles. The standard InChI is InChI=1S/C10H15N5O5S/c16-9(17)4-15(7-1-2-21(19,20)5-7)10(18)11-3-8-12-6-13-14-8/h6-7H,1-5H2,(H,11,18)(H,16,17)(H,12,13,14). The first kappa shape index (κ1) is 15.2. The lowest BCUT2D eigenvalue weighted by atomic mass is 10.2. The van der Waals surface area contributed by atoms with Gasteiger partial charge in [0.2, 0.25) is 0 Å². The maximum Gasteiger partial charge on any atom is 0.323 e. The van der Waals surface area contributed by atoms with Crippen molar-refractivity contribution in [3.8, 4) is 0 Å². The highest BCUT2D eigenvalue weighted by Gasteiger charge is 2.35. The molecule has 1 saturated heterocycles. The molecule has 1 aromatic rings. The summed E-state index contributed by atoms with van der Waals surface area (Å²) in [6, 6.07) is -1.27. The Morgan fingerprint density at radius 1 is 1.52 bits per heavy atom. The molecule has 0 saturated carbocycles. The van der Waals surface area contributed by atoms with E-state index in [0.29, 0.717) is 5.82 Å². The molecule has 2 rings (SSSR count). The number of amides is 2. The summed E-state index contributed by atoms with van der Waals surface area (Å²) in [4.78, 5) is 27.8. The van der Waals surface area contributed by atoms with Crippen molar-refractivity contribution in [2.75, 3.05) is 18.1 Å². The summed E-state index contributed by atoms with van der Waals surface area (Å²) in [7, 11) is -3.21. The van der Waals surface area contributed by atoms with Crippen molar-refractivity contribution in [2.45, 2.75) is 19.0 Å². The summed E-state index contributed by atoms with van der Waals surface area (Å²) in [5.41, 5.74) is 0. The SMILES string of the molecule is O=C(O)CN(C(=O)NCc1ncn[nH]1)C1CCS(=O)(=O)C1. The van der Waals surface area contributed by atoms with Gasteiger partial charge in [0.15, 0.2) is 9.84 Å². The van der Waals surface area contributed by atoms with Crippen molar-refractivity contribution >= 4 is 21.8 Å². The number of carbonyl (C=O) groups is 2. The average Bonchev–Trinajstić information content (AvgIpc) is 3.02. The van der Waals surface area contributed by atoms with E-state index < -0.39 is 34.4 Å². The van der Waals surface area contributed by atoms with E-state index in [0.717, 1.165) is 4.90 Å². The zero-order valence-electron chi connectivity index (χ0n) is 11.0. The molecule has 1 aliphatic rings. The number of urea groups is 1. The van der Waals surface area contributed by atoms with Crippen LogP contribution < -0.4 is 5.32 Å². The lowest BCUT2D eigenvalue weighted by Gasteiger charge is -2.26. The van der Waals surface area contributed by atoms with Gasteiger partial charge in [0.25, 0.3) is 0 Å². The highest BCUT2D eigenvalue weighted by molar-refractivity contribution is 7.91. The number of hydrogen-bond donors (Lipinski definition) is 3. The van der Waals surface area contributed by atoms with E-state index in [1.54, 1.807) is 0 Å². The van der Waals surface area contributed by atoms with Crippen molar-refractivity contribution in [1.82, 2.24) is 25.4 Å². The molecule has 11 heteroatoms. The first-order valence-corrected chi connectivity index (χ1v) is 8.00. The lowest BCUT2D eigenvalue weighted by Crippen LogP contribution is -2.48. The Morgan fingerprint density at radius 2 is 2.29 bits per heavy atom. The van der Waals surface area contributed by atoms with E-state index in [4.69, 9.17) is 5.11 Å². The highest BCUT2D eigenvalue weighted by Crippen LogP contribution is 2.17. The van der Waals surface area contributed by atoms with E-state index in [-0.39, 0.29) is 24.5 Å². The molecule has 0 bridgehead atoms. The number of H-pyrrole nitrogens is 1. The van der Waals surface area contributed by atoms with Gasteiger partial charge in [0.05, 0.1) is 18.1 Å². The third-order valence-corrected chi connectivity index (χ3v) is 4.84. The van der Waals surface area contributed by atoms with Crippen LogP contribution in [0.5, 0.6) is 0 Å². The van der Waals surface area contributed by atoms with Gasteiger partial charge in [0, 0.05) is 6.04 Å². The highest BCUT2D eigenvalue weighted by atomic mass is 32.2. The Hall–Kier alpha value is -2.17. The van der Waals surface area contributed by atoms with Gasteiger partial charge < -0.3 is 15.3 Å². The van der Waals surface area contributed by atoms with Crippen LogP contribution in [0.1, 0.15) is 12.2 Å². The first-order chi connectivity index (χ1) is 9.87. The molecular formula is C10H15N5O5S. The van der Waals surface area contributed by atoms with Crippen LogP contribution in [-0.4, -0.2) is 69.7 Å². The van der Waals surface area contributed by atoms with Gasteiger partial charge in [-0.15, -0.1) is 0 Å². The summed E-state index contributed by atoms with van der Waals surface area (Å²) in [5, 5.41) is 17.5. The van der Waals surface area contributed by atoms with Crippen molar-refractivity contribution in [3.63, 3.8) is 0 Å². The van der Waals surface area contributed by atoms with Crippen molar-refractivity contribution in [2.24, 2.45) is 0 Å². The second-order valence-electron chi connectivity index (χ2n) is 4.67. The molecule has 0 aromatic carbocycles. The summed E-state index contributed by atoms with van der Waals surface area (Å²) >= 11 is 0. The molecule has 0 spiro atoms. The third kappa shape index (κ3) is 4.15. The van der Waals surface area contributed by atoms with Gasteiger partial charge in [-0.05, 0) is 6.42 Å². The van der Waals surface area contributed by atoms with Crippen molar-refractivity contribution in [1.29, 1.82) is 0 Å². The molecule has 0 aliphatic carbocycles. The molecule has 116 valence electrons. The first-order valence-electron chi connectivity index (χ1n) is 6.18. The van der Waals surface area contributed by atoms with Crippen molar-refractivity contribution in [3.05, 3.63) is 12.2 Å². The molecule has 1 aliphatic heterocycles. The number of carboxylic acids is 1. The van der Waals surface area contributed by atoms with E-state index >= 15 is 0 Å². The molecule has 10 nitrogen and oxygen atoms in total. The molecular weight excluding hydrogens is 302 g/mol. The second kappa shape index (κ2) is 6.08. The monoisotopic (exact) mass is 317 g/mol. The Morgan fingerprint density at radius 3 is 2.81 bits per heavy atom. The molecule has 3 N–H and O–H groups in total. The molecule has 0 radical (unpaired) electrons. The third-order valence-electron chi connectivity index (χ3n) is 3.09. The minimum atomic E-state index is -3.21. The topological polar surface area (TPSA) is 145 Å². The number of sulfone groups is 1. The largest absolute Gasteiger partial charge is 0.480 e. The van der Waals surface area contributed by atoms with Crippen LogP contribution in [0, 0.1) is 0 Å². The second-order valence-corrected chi connectivity index (χ2v) is 6.90. The number of carboxylic acid groups (broad SMARTS) is 1. The minimum Gasteiger partial charge on any atom is -0.480 e. The maximum absolute atomic E-state index is 12.1. The maximum atomic E-state index is 12.1. The number of carbonyl (C=O) groups excluding carboxylic acids is 1. The van der Waals surface area contributed by atoms with Gasteiger partial charge in [-0.1, -0.05) is 0 Å². The van der Waals surface area contributed by atoms with E-state index in [1.807, 2.05) is 0 Å². The van der Waals surface area contributed by atoms with Gasteiger partial charge >= 0.3 is 12.0 Å². The predicted molar refractivity (Wildman–Crippen MR) is 70.0 cm³/mol. The summed E-state index contributed by atoms with van der Waals surface area (Å²) in [5.74, 6) is -1.04. The summed E-state index contributed by atoms with van der Waals surface area (Å²) in [6.45, 7) is -0.503. The van der Waals surface area contributed by atoms with E-state index in [2.05, 4.69) is 20.5 Å². The van der Waals surface area contributed by atoms with Crippen LogP contribution in [-0.2, 0) is 21.2 Å². The molecule has 1 atom stereocenters. The quantitative estimate of drug-likeness (QED) is 0.604. The van der Waals surface area contributed by atoms with Crippen LogP contribution in [0.2, 0.25) is 0 Å². The number of aromatic amines is 1. The fourth-order valence-electron chi connectivity index (χ4n) is 2.11. The van der Waals surface area contributed by atoms with Crippen LogP contribution in [0.3, 0.4) is 0 Å². The minimum absolute atomic E-state index is 0.0385. The zero-order valence-corrected chi connectivity index (χ0v) is 11.8. The van der Waals surface area contributed by atoms with Crippen LogP contribution >= 0.6 is 0 Å². The van der Waals surface area contributed by atoms with Gasteiger partial charge in [-0.3, -0.25) is 9.89 Å². The summed E-state index contributed by atoms with van der Waals surface area (Å²) in [6.07, 6.45) is 1.52. The molecule has 1 unspecified atom stereocenters. The zero-order chi connectivity index (χ0) is 15.5. The molecule has 21 heavy (non-hydrogen) atoms. The van der Waals surface area contributed by atoms with Gasteiger partial charge in [-0.2, -0.15) is 5.10 Å². The fraction of sp³-hybridized carbons (Fsp3) is 0.600. The Kier molecular flexibility index (Phi) is 4.40. The molecule has 1 fully saturated rings. The average molecular weight is 317 g/mol. The van der Waals surface area contributed by atoms with Crippen molar-refractivity contribution < 1.29 is 23.1 Å². The number of aromatic nitrogens is 3. The number of rotatable bonds is 5. The Labute approximate surface area is 120 Å². The van der Waals surface area contributed by atoms with Gasteiger partial charge in [0.1, 0.15) is 18.7 Å². The van der Waals surface area contributed by atoms with E-state index in [1.165, 1.54) is 6.33 Å². The number of nitrogens with one attached hydrogen (secondary N) is 2. The number of hydrogen-bond acceptors (Lipinski definition) is 6. The summed E-state index contributed by atoms with van der Waals surface area (Å²) < 4.78 is 22.9. The fourth-order valence-corrected chi connectivity index (χ4v) is 3.84. The van der Waals surface area contributed by atoms with E-state index in [9.17, 15) is 18.0 Å². The van der Waals surface area contributed by atoms with Crippen LogP contribution in [0.25, 0.3) is 0 Å². The normalized spacial score (nSPS) is 20.1. The smallest absolute Gasteiger partial charge is 0.323 e. The van der Waals surface area contributed by atoms with Gasteiger partial charge in [-0.25, -0.2) is 18.2 Å². The number of aliphatic carboxylic acids is 1. The van der Waals surface area contributed by atoms with Crippen LogP contribution in [0.4, 0.5) is 4.79 Å². The number of nitrogens with zero attached hydrogens (tertiary/aromatic N) is 3. The predicted octanol–water partition coefficient (Wildman–Crippen LogP) is -1.41.